The van der Waals surface area contributed by atoms with Crippen molar-refractivity contribution < 1.29 is 5.11 Å². The van der Waals surface area contributed by atoms with Crippen molar-refractivity contribution in [3.8, 4) is 0 Å². The molecule has 1 rings (SSSR count). The zero-order valence-electron chi connectivity index (χ0n) is 13.1. The summed E-state index contributed by atoms with van der Waals surface area (Å²) in [5, 5.41) is 9.84. The third-order valence-corrected chi connectivity index (χ3v) is 4.50. The summed E-state index contributed by atoms with van der Waals surface area (Å²) in [5.41, 5.74) is 4.85. The monoisotopic (exact) mass is 271 g/mol. The van der Waals surface area contributed by atoms with Crippen molar-refractivity contribution in [1.82, 2.24) is 9.80 Å². The van der Waals surface area contributed by atoms with Crippen LogP contribution in [0.4, 0.5) is 0 Å². The lowest BCUT2D eigenvalue weighted by molar-refractivity contribution is 0.0546. The van der Waals surface area contributed by atoms with Crippen LogP contribution in [0.2, 0.25) is 0 Å². The normalized spacial score (nSPS) is 23.2. The van der Waals surface area contributed by atoms with E-state index >= 15 is 0 Å². The maximum absolute atomic E-state index is 9.84. The number of aliphatic hydroxyl groups is 1. The van der Waals surface area contributed by atoms with Gasteiger partial charge in [0.25, 0.3) is 0 Å². The molecule has 0 aromatic rings. The van der Waals surface area contributed by atoms with Gasteiger partial charge in [0.05, 0.1) is 5.60 Å². The maximum Gasteiger partial charge on any atom is 0.0741 e. The zero-order valence-corrected chi connectivity index (χ0v) is 13.1. The quantitative estimate of drug-likeness (QED) is 0.653. The highest BCUT2D eigenvalue weighted by atomic mass is 16.3. The topological polar surface area (TPSA) is 52.7 Å². The fourth-order valence-corrected chi connectivity index (χ4v) is 2.63. The molecule has 2 unspecified atom stereocenters. The molecule has 0 aliphatic carbocycles. The highest BCUT2D eigenvalue weighted by molar-refractivity contribution is 4.76. The minimum Gasteiger partial charge on any atom is -0.389 e. The van der Waals surface area contributed by atoms with Gasteiger partial charge >= 0.3 is 0 Å². The Balaban J connectivity index is 2.10. The minimum absolute atomic E-state index is 0.362. The summed E-state index contributed by atoms with van der Waals surface area (Å²) < 4.78 is 0. The van der Waals surface area contributed by atoms with E-state index in [4.69, 9.17) is 5.73 Å². The van der Waals surface area contributed by atoms with Crippen molar-refractivity contribution >= 4 is 0 Å². The first-order chi connectivity index (χ1) is 8.98. The lowest BCUT2D eigenvalue weighted by atomic mass is 9.99. The van der Waals surface area contributed by atoms with E-state index in [-0.39, 0.29) is 0 Å². The molecule has 0 aromatic carbocycles. The van der Waals surface area contributed by atoms with Crippen LogP contribution in [0, 0.1) is 0 Å². The Morgan fingerprint density at radius 3 is 2.37 bits per heavy atom. The van der Waals surface area contributed by atoms with E-state index in [1.165, 1.54) is 39.0 Å². The van der Waals surface area contributed by atoms with Crippen LogP contribution in [0.1, 0.15) is 46.5 Å². The molecule has 0 saturated carbocycles. The largest absolute Gasteiger partial charge is 0.389 e. The molecule has 0 radical (unpaired) electrons. The smallest absolute Gasteiger partial charge is 0.0741 e. The Kier molecular flexibility index (Phi) is 7.29. The fraction of sp³-hybridized carbons (Fsp3) is 1.00. The molecular weight excluding hydrogens is 238 g/mol. The Morgan fingerprint density at radius 1 is 1.21 bits per heavy atom. The number of piperazine rings is 1. The van der Waals surface area contributed by atoms with E-state index in [0.29, 0.717) is 6.54 Å². The molecule has 114 valence electrons. The van der Waals surface area contributed by atoms with Crippen LogP contribution in [0.25, 0.3) is 0 Å². The van der Waals surface area contributed by atoms with E-state index in [1.54, 1.807) is 0 Å². The second-order valence-electron chi connectivity index (χ2n) is 6.29. The molecule has 4 nitrogen and oxygen atoms in total. The van der Waals surface area contributed by atoms with E-state index in [2.05, 4.69) is 23.6 Å². The van der Waals surface area contributed by atoms with Crippen molar-refractivity contribution in [2.24, 2.45) is 5.73 Å². The van der Waals surface area contributed by atoms with Crippen molar-refractivity contribution in [1.29, 1.82) is 0 Å². The first-order valence-corrected chi connectivity index (χ1v) is 7.87. The van der Waals surface area contributed by atoms with Gasteiger partial charge in [-0.05, 0) is 46.1 Å². The number of rotatable bonds is 8. The minimum atomic E-state index is -0.671. The van der Waals surface area contributed by atoms with Gasteiger partial charge in [-0.1, -0.05) is 6.92 Å². The van der Waals surface area contributed by atoms with Gasteiger partial charge in [-0.2, -0.15) is 0 Å². The third-order valence-electron chi connectivity index (χ3n) is 4.50. The highest BCUT2D eigenvalue weighted by Crippen LogP contribution is 2.13. The number of nitrogens with zero attached hydrogens (tertiary/aromatic N) is 2. The van der Waals surface area contributed by atoms with Crippen LogP contribution in [0.5, 0.6) is 0 Å². The molecule has 0 spiro atoms. The van der Waals surface area contributed by atoms with E-state index in [1.807, 2.05) is 6.92 Å². The molecule has 3 N–H and O–H groups in total. The summed E-state index contributed by atoms with van der Waals surface area (Å²) in [6.45, 7) is 12.7. The maximum atomic E-state index is 9.84. The molecule has 1 fully saturated rings. The van der Waals surface area contributed by atoms with Crippen LogP contribution in [-0.4, -0.2) is 65.8 Å². The molecular formula is C15H33N3O. The molecule has 0 amide bonds. The van der Waals surface area contributed by atoms with Gasteiger partial charge in [-0.25, -0.2) is 0 Å². The molecule has 1 heterocycles. The second-order valence-corrected chi connectivity index (χ2v) is 6.29. The molecule has 0 aromatic heterocycles. The number of hydrogen-bond acceptors (Lipinski definition) is 4. The highest BCUT2D eigenvalue weighted by Gasteiger charge is 2.20. The van der Waals surface area contributed by atoms with Crippen LogP contribution in [0.15, 0.2) is 0 Å². The average Bonchev–Trinajstić information content (AvgIpc) is 2.43. The molecule has 1 saturated heterocycles. The van der Waals surface area contributed by atoms with Crippen molar-refractivity contribution in [2.75, 3.05) is 39.3 Å². The summed E-state index contributed by atoms with van der Waals surface area (Å²) in [6.07, 6.45) is 4.29. The van der Waals surface area contributed by atoms with E-state index in [0.717, 1.165) is 25.4 Å². The molecule has 19 heavy (non-hydrogen) atoms. The van der Waals surface area contributed by atoms with Crippen LogP contribution in [0.3, 0.4) is 0 Å². The van der Waals surface area contributed by atoms with Crippen LogP contribution >= 0.6 is 0 Å². The Bertz CT molecular complexity index is 238. The van der Waals surface area contributed by atoms with Gasteiger partial charge < -0.3 is 15.7 Å². The summed E-state index contributed by atoms with van der Waals surface area (Å²) >= 11 is 0. The standard InChI is InChI=1S/C15H33N3O/c1-4-14(2)18-11-9-17(10-12-18)8-6-5-7-15(3,19)13-16/h14,19H,4-13,16H2,1-3H3. The van der Waals surface area contributed by atoms with Gasteiger partial charge in [0.2, 0.25) is 0 Å². The summed E-state index contributed by atoms with van der Waals surface area (Å²) in [6, 6.07) is 0.724. The molecule has 2 atom stereocenters. The van der Waals surface area contributed by atoms with Crippen LogP contribution in [-0.2, 0) is 0 Å². The Labute approximate surface area is 118 Å². The molecule has 1 aliphatic rings. The number of hydrogen-bond donors (Lipinski definition) is 2. The van der Waals surface area contributed by atoms with Gasteiger partial charge in [0.15, 0.2) is 0 Å². The third kappa shape index (κ3) is 6.21. The second kappa shape index (κ2) is 8.20. The fourth-order valence-electron chi connectivity index (χ4n) is 2.63. The van der Waals surface area contributed by atoms with Crippen LogP contribution < -0.4 is 5.73 Å². The van der Waals surface area contributed by atoms with Crippen molar-refractivity contribution in [3.63, 3.8) is 0 Å². The van der Waals surface area contributed by atoms with Gasteiger partial charge in [0.1, 0.15) is 0 Å². The first-order valence-electron chi connectivity index (χ1n) is 7.87. The van der Waals surface area contributed by atoms with Gasteiger partial charge in [0, 0.05) is 38.8 Å². The zero-order chi connectivity index (χ0) is 14.3. The number of nitrogens with two attached hydrogens (primary N) is 1. The van der Waals surface area contributed by atoms with E-state index < -0.39 is 5.60 Å². The predicted octanol–water partition coefficient (Wildman–Crippen LogP) is 1.28. The Hall–Kier alpha value is -0.160. The Morgan fingerprint density at radius 2 is 1.84 bits per heavy atom. The van der Waals surface area contributed by atoms with Crippen molar-refractivity contribution in [3.05, 3.63) is 0 Å². The van der Waals surface area contributed by atoms with Gasteiger partial charge in [-0.15, -0.1) is 0 Å². The lowest BCUT2D eigenvalue weighted by Gasteiger charge is -2.38. The summed E-state index contributed by atoms with van der Waals surface area (Å²) in [4.78, 5) is 5.14. The summed E-state index contributed by atoms with van der Waals surface area (Å²) in [7, 11) is 0. The van der Waals surface area contributed by atoms with E-state index in [9.17, 15) is 5.11 Å². The molecule has 4 heteroatoms. The molecule has 1 aliphatic heterocycles. The first kappa shape index (κ1) is 16.9. The number of unbranched alkanes of at least 4 members (excludes halogenated alkanes) is 1. The SMILES string of the molecule is CCC(C)N1CCN(CCCCC(C)(O)CN)CC1. The average molecular weight is 271 g/mol. The predicted molar refractivity (Wildman–Crippen MR) is 81.3 cm³/mol. The lowest BCUT2D eigenvalue weighted by Crippen LogP contribution is -2.49. The van der Waals surface area contributed by atoms with Gasteiger partial charge in [-0.3, -0.25) is 4.90 Å². The van der Waals surface area contributed by atoms with Crippen molar-refractivity contribution in [2.45, 2.75) is 58.1 Å². The summed E-state index contributed by atoms with van der Waals surface area (Å²) in [5.74, 6) is 0. The molecule has 0 bridgehead atoms.